The van der Waals surface area contributed by atoms with E-state index in [1.165, 1.54) is 12.4 Å². The number of pyridine rings is 1. The molecule has 0 radical (unpaired) electrons. The summed E-state index contributed by atoms with van der Waals surface area (Å²) in [6, 6.07) is 16.9. The van der Waals surface area contributed by atoms with E-state index in [2.05, 4.69) is 22.4 Å². The molecular weight excluding hydrogens is 404 g/mol. The monoisotopic (exact) mass is 422 g/mol. The Morgan fingerprint density at radius 1 is 1.07 bits per heavy atom. The van der Waals surface area contributed by atoms with Gasteiger partial charge < -0.3 is 15.2 Å². The van der Waals surface area contributed by atoms with Crippen molar-refractivity contribution < 1.29 is 19.4 Å². The minimum absolute atomic E-state index is 0.0751. The van der Waals surface area contributed by atoms with Crippen molar-refractivity contribution in [3.8, 4) is 11.1 Å². The van der Waals surface area contributed by atoms with E-state index in [1.807, 2.05) is 36.4 Å². The highest BCUT2D eigenvalue weighted by Gasteiger charge is 2.29. The highest BCUT2D eigenvalue weighted by atomic mass is 35.5. The van der Waals surface area contributed by atoms with Crippen LogP contribution in [0.4, 0.5) is 4.79 Å². The van der Waals surface area contributed by atoms with Gasteiger partial charge in [0.15, 0.2) is 0 Å². The molecule has 0 saturated carbocycles. The van der Waals surface area contributed by atoms with Crippen molar-refractivity contribution in [2.75, 3.05) is 6.61 Å². The van der Waals surface area contributed by atoms with Gasteiger partial charge in [-0.3, -0.25) is 9.78 Å². The summed E-state index contributed by atoms with van der Waals surface area (Å²) in [5, 5.41) is 12.2. The number of hydrogen-bond donors (Lipinski definition) is 2. The molecule has 1 aromatic heterocycles. The Morgan fingerprint density at radius 2 is 1.70 bits per heavy atom. The molecule has 0 unspecified atom stereocenters. The van der Waals surface area contributed by atoms with Crippen LogP contribution in [0, 0.1) is 0 Å². The average molecular weight is 423 g/mol. The second kappa shape index (κ2) is 8.55. The lowest BCUT2D eigenvalue weighted by atomic mass is 9.98. The van der Waals surface area contributed by atoms with Crippen LogP contribution in [0.1, 0.15) is 35.1 Å². The zero-order valence-corrected chi connectivity index (χ0v) is 16.7. The molecule has 0 aliphatic heterocycles. The van der Waals surface area contributed by atoms with Crippen molar-refractivity contribution in [2.45, 2.75) is 18.4 Å². The van der Waals surface area contributed by atoms with Crippen LogP contribution in [0.2, 0.25) is 5.02 Å². The maximum Gasteiger partial charge on any atom is 0.407 e. The van der Waals surface area contributed by atoms with E-state index < -0.39 is 18.1 Å². The van der Waals surface area contributed by atoms with Crippen LogP contribution in [0.5, 0.6) is 0 Å². The number of rotatable bonds is 6. The number of carboxylic acid groups (broad SMARTS) is 1. The quantitative estimate of drug-likeness (QED) is 0.596. The summed E-state index contributed by atoms with van der Waals surface area (Å²) in [5.41, 5.74) is 4.98. The molecule has 3 aromatic rings. The van der Waals surface area contributed by atoms with E-state index in [1.54, 1.807) is 6.07 Å². The number of carbonyl (C=O) groups is 2. The van der Waals surface area contributed by atoms with E-state index in [4.69, 9.17) is 16.3 Å². The number of benzene rings is 2. The smallest absolute Gasteiger partial charge is 0.407 e. The maximum atomic E-state index is 12.5. The van der Waals surface area contributed by atoms with Gasteiger partial charge in [0.2, 0.25) is 0 Å². The van der Waals surface area contributed by atoms with Crippen LogP contribution in [0.25, 0.3) is 11.1 Å². The Balaban J connectivity index is 1.48. The number of hydrogen-bond acceptors (Lipinski definition) is 4. The SMILES string of the molecule is O=C(O)C[C@@H](NC(=O)OCC1c2ccccc2-c2ccccc21)c1cncc(Cl)c1. The third kappa shape index (κ3) is 4.14. The molecule has 1 aliphatic carbocycles. The highest BCUT2D eigenvalue weighted by molar-refractivity contribution is 6.30. The number of halogens is 1. The van der Waals surface area contributed by atoms with E-state index in [9.17, 15) is 14.7 Å². The lowest BCUT2D eigenvalue weighted by Crippen LogP contribution is -2.31. The van der Waals surface area contributed by atoms with E-state index in [0.29, 0.717) is 10.6 Å². The normalized spacial score (nSPS) is 13.2. The Morgan fingerprint density at radius 3 is 2.30 bits per heavy atom. The molecule has 1 heterocycles. The molecule has 152 valence electrons. The largest absolute Gasteiger partial charge is 0.481 e. The van der Waals surface area contributed by atoms with E-state index >= 15 is 0 Å². The second-order valence-corrected chi connectivity index (χ2v) is 7.49. The molecule has 0 saturated heterocycles. The molecule has 4 rings (SSSR count). The average Bonchev–Trinajstić information content (AvgIpc) is 3.05. The van der Waals surface area contributed by atoms with Crippen LogP contribution in [-0.4, -0.2) is 28.8 Å². The number of ether oxygens (including phenoxy) is 1. The molecule has 7 heteroatoms. The summed E-state index contributed by atoms with van der Waals surface area (Å²) in [7, 11) is 0. The van der Waals surface area contributed by atoms with Crippen molar-refractivity contribution in [1.82, 2.24) is 10.3 Å². The fourth-order valence-electron chi connectivity index (χ4n) is 3.83. The fraction of sp³-hybridized carbons (Fsp3) is 0.174. The van der Waals surface area contributed by atoms with Gasteiger partial charge in [-0.2, -0.15) is 0 Å². The van der Waals surface area contributed by atoms with Gasteiger partial charge >= 0.3 is 12.1 Å². The van der Waals surface area contributed by atoms with Crippen LogP contribution in [0.15, 0.2) is 67.0 Å². The zero-order chi connectivity index (χ0) is 21.1. The Labute approximate surface area is 178 Å². The van der Waals surface area contributed by atoms with Gasteiger partial charge in [0, 0.05) is 18.3 Å². The summed E-state index contributed by atoms with van der Waals surface area (Å²) in [5.74, 6) is -1.13. The molecule has 2 aromatic carbocycles. The summed E-state index contributed by atoms with van der Waals surface area (Å²) in [6.07, 6.45) is 1.91. The van der Waals surface area contributed by atoms with Crippen LogP contribution in [0.3, 0.4) is 0 Å². The Hall–Kier alpha value is -3.38. The molecule has 1 atom stereocenters. The molecule has 0 bridgehead atoms. The van der Waals surface area contributed by atoms with Crippen LogP contribution >= 0.6 is 11.6 Å². The van der Waals surface area contributed by atoms with Crippen molar-refractivity contribution in [3.63, 3.8) is 0 Å². The van der Waals surface area contributed by atoms with Gasteiger partial charge in [-0.15, -0.1) is 0 Å². The zero-order valence-electron chi connectivity index (χ0n) is 15.9. The molecule has 2 N–H and O–H groups in total. The predicted octanol–water partition coefficient (Wildman–Crippen LogP) is 4.79. The molecule has 1 amide bonds. The second-order valence-electron chi connectivity index (χ2n) is 7.06. The van der Waals surface area contributed by atoms with Gasteiger partial charge in [-0.05, 0) is 33.9 Å². The third-order valence-corrected chi connectivity index (χ3v) is 5.35. The topological polar surface area (TPSA) is 88.5 Å². The number of nitrogens with zero attached hydrogens (tertiary/aromatic N) is 1. The first-order valence-corrected chi connectivity index (χ1v) is 9.84. The molecule has 0 fully saturated rings. The predicted molar refractivity (Wildman–Crippen MR) is 112 cm³/mol. The Kier molecular flexibility index (Phi) is 5.68. The van der Waals surface area contributed by atoms with Gasteiger partial charge in [0.05, 0.1) is 17.5 Å². The van der Waals surface area contributed by atoms with E-state index in [-0.39, 0.29) is 18.9 Å². The molecular formula is C23H19ClN2O4. The number of carboxylic acids is 1. The third-order valence-electron chi connectivity index (χ3n) is 5.14. The van der Waals surface area contributed by atoms with E-state index in [0.717, 1.165) is 22.3 Å². The number of aliphatic carboxylic acids is 1. The minimum atomic E-state index is -1.06. The number of amides is 1. The summed E-state index contributed by atoms with van der Waals surface area (Å²) < 4.78 is 5.51. The fourth-order valence-corrected chi connectivity index (χ4v) is 4.01. The van der Waals surface area contributed by atoms with Crippen LogP contribution < -0.4 is 5.32 Å². The lowest BCUT2D eigenvalue weighted by Gasteiger charge is -2.19. The number of fused-ring (bicyclic) bond motifs is 3. The van der Waals surface area contributed by atoms with Crippen LogP contribution in [-0.2, 0) is 9.53 Å². The lowest BCUT2D eigenvalue weighted by molar-refractivity contribution is -0.137. The maximum absolute atomic E-state index is 12.5. The van der Waals surface area contributed by atoms with Crippen molar-refractivity contribution in [3.05, 3.63) is 88.7 Å². The van der Waals surface area contributed by atoms with Gasteiger partial charge in [-0.25, -0.2) is 4.79 Å². The first kappa shape index (κ1) is 19.9. The molecule has 0 spiro atoms. The summed E-state index contributed by atoms with van der Waals surface area (Å²) >= 11 is 5.95. The molecule has 1 aliphatic rings. The van der Waals surface area contributed by atoms with Gasteiger partial charge in [0.25, 0.3) is 0 Å². The van der Waals surface area contributed by atoms with Gasteiger partial charge in [-0.1, -0.05) is 60.1 Å². The van der Waals surface area contributed by atoms with Crippen molar-refractivity contribution in [1.29, 1.82) is 0 Å². The first-order chi connectivity index (χ1) is 14.5. The summed E-state index contributed by atoms with van der Waals surface area (Å²) in [6.45, 7) is 0.146. The standard InChI is InChI=1S/C23H19ClN2O4/c24-15-9-14(11-25-12-15)21(10-22(27)28)26-23(29)30-13-20-18-7-3-1-5-16(18)17-6-2-4-8-19(17)20/h1-9,11-12,20-21H,10,13H2,(H,26,29)(H,27,28)/t21-/m1/s1. The molecule has 30 heavy (non-hydrogen) atoms. The summed E-state index contributed by atoms with van der Waals surface area (Å²) in [4.78, 5) is 27.7. The van der Waals surface area contributed by atoms with Crippen molar-refractivity contribution in [2.24, 2.45) is 0 Å². The Bertz CT molecular complexity index is 1060. The molecule has 6 nitrogen and oxygen atoms in total. The van der Waals surface area contributed by atoms with Crippen molar-refractivity contribution >= 4 is 23.7 Å². The number of alkyl carbamates (subject to hydrolysis) is 1. The number of aromatic nitrogens is 1. The minimum Gasteiger partial charge on any atom is -0.481 e. The number of nitrogens with one attached hydrogen (secondary N) is 1. The van der Waals surface area contributed by atoms with Gasteiger partial charge in [0.1, 0.15) is 6.61 Å². The number of carbonyl (C=O) groups excluding carboxylic acids is 1. The first-order valence-electron chi connectivity index (χ1n) is 9.46. The highest BCUT2D eigenvalue weighted by Crippen LogP contribution is 2.44.